The molecule has 0 fully saturated rings. The van der Waals surface area contributed by atoms with Gasteiger partial charge in [-0.05, 0) is 65.2 Å². The molecule has 23 heavy (non-hydrogen) atoms. The molecule has 0 saturated carbocycles. The van der Waals surface area contributed by atoms with Gasteiger partial charge in [-0.2, -0.15) is 0 Å². The van der Waals surface area contributed by atoms with Crippen molar-refractivity contribution in [3.63, 3.8) is 0 Å². The van der Waals surface area contributed by atoms with Crippen LogP contribution in [-0.4, -0.2) is 17.7 Å². The van der Waals surface area contributed by atoms with E-state index in [1.54, 1.807) is 0 Å². The SMILES string of the molecule is C=CCCC(C)NC(C)c1ccc(NC(=O)OC(C)(C)C)cc1. The Labute approximate surface area is 140 Å². The van der Waals surface area contributed by atoms with Gasteiger partial charge in [-0.25, -0.2) is 4.79 Å². The molecule has 0 bridgehead atoms. The average molecular weight is 318 g/mol. The lowest BCUT2D eigenvalue weighted by Crippen LogP contribution is -2.28. The molecule has 0 saturated heterocycles. The predicted octanol–water partition coefficient (Wildman–Crippen LogP) is 5.04. The standard InChI is InChI=1S/C19H30N2O2/c1-7-8-9-14(2)20-15(3)16-10-12-17(13-11-16)21-18(22)23-19(4,5)6/h7,10-15,20H,1,8-9H2,2-6H3,(H,21,22). The van der Waals surface area contributed by atoms with Crippen molar-refractivity contribution in [3.8, 4) is 0 Å². The van der Waals surface area contributed by atoms with Crippen molar-refractivity contribution in [2.45, 2.75) is 65.1 Å². The summed E-state index contributed by atoms with van der Waals surface area (Å²) in [6.07, 6.45) is 3.60. The normalized spacial score (nSPS) is 14.0. The van der Waals surface area contributed by atoms with Gasteiger partial charge in [0.1, 0.15) is 5.60 Å². The average Bonchev–Trinajstić information content (AvgIpc) is 2.43. The molecule has 4 heteroatoms. The van der Waals surface area contributed by atoms with E-state index in [1.807, 2.05) is 51.1 Å². The van der Waals surface area contributed by atoms with Crippen molar-refractivity contribution >= 4 is 11.8 Å². The number of nitrogens with one attached hydrogen (secondary N) is 2. The Morgan fingerprint density at radius 1 is 1.26 bits per heavy atom. The number of carbonyl (C=O) groups excluding carboxylic acids is 1. The first-order valence-corrected chi connectivity index (χ1v) is 8.18. The van der Waals surface area contributed by atoms with E-state index in [1.165, 1.54) is 5.56 Å². The van der Waals surface area contributed by atoms with Crippen molar-refractivity contribution < 1.29 is 9.53 Å². The highest BCUT2D eigenvalue weighted by Gasteiger charge is 2.16. The minimum atomic E-state index is -0.496. The number of amides is 1. The van der Waals surface area contributed by atoms with Crippen molar-refractivity contribution in [1.29, 1.82) is 0 Å². The van der Waals surface area contributed by atoms with Crippen LogP contribution in [0.4, 0.5) is 10.5 Å². The zero-order chi connectivity index (χ0) is 17.5. The smallest absolute Gasteiger partial charge is 0.412 e. The first-order chi connectivity index (χ1) is 10.7. The summed E-state index contributed by atoms with van der Waals surface area (Å²) >= 11 is 0. The molecule has 2 N–H and O–H groups in total. The first-order valence-electron chi connectivity index (χ1n) is 8.18. The molecular weight excluding hydrogens is 288 g/mol. The van der Waals surface area contributed by atoms with Crippen LogP contribution in [-0.2, 0) is 4.74 Å². The van der Waals surface area contributed by atoms with Crippen molar-refractivity contribution in [2.75, 3.05) is 5.32 Å². The molecule has 0 aliphatic heterocycles. The summed E-state index contributed by atoms with van der Waals surface area (Å²) in [7, 11) is 0. The minimum absolute atomic E-state index is 0.255. The van der Waals surface area contributed by atoms with Gasteiger partial charge in [0.05, 0.1) is 0 Å². The third-order valence-corrected chi connectivity index (χ3v) is 3.39. The number of carbonyl (C=O) groups is 1. The zero-order valence-corrected chi connectivity index (χ0v) is 15.0. The molecule has 0 aromatic heterocycles. The molecule has 1 rings (SSSR count). The Hall–Kier alpha value is -1.81. The molecule has 4 nitrogen and oxygen atoms in total. The molecule has 1 aromatic carbocycles. The van der Waals surface area contributed by atoms with Crippen LogP contribution in [0.1, 0.15) is 59.1 Å². The lowest BCUT2D eigenvalue weighted by molar-refractivity contribution is 0.0636. The van der Waals surface area contributed by atoms with Crippen LogP contribution in [0.2, 0.25) is 0 Å². The predicted molar refractivity (Wildman–Crippen MR) is 96.7 cm³/mol. The largest absolute Gasteiger partial charge is 0.444 e. The van der Waals surface area contributed by atoms with Crippen LogP contribution >= 0.6 is 0 Å². The van der Waals surface area contributed by atoms with Crippen LogP contribution in [0.15, 0.2) is 36.9 Å². The lowest BCUT2D eigenvalue weighted by atomic mass is 10.1. The van der Waals surface area contributed by atoms with Gasteiger partial charge in [-0.3, -0.25) is 5.32 Å². The summed E-state index contributed by atoms with van der Waals surface area (Å²) in [5.41, 5.74) is 1.42. The molecule has 1 amide bonds. The van der Waals surface area contributed by atoms with E-state index in [4.69, 9.17) is 4.74 Å². The maximum atomic E-state index is 11.7. The summed E-state index contributed by atoms with van der Waals surface area (Å²) in [6, 6.07) is 8.51. The van der Waals surface area contributed by atoms with Crippen molar-refractivity contribution in [3.05, 3.63) is 42.5 Å². The Morgan fingerprint density at radius 2 is 1.87 bits per heavy atom. The fraction of sp³-hybridized carbons (Fsp3) is 0.526. The van der Waals surface area contributed by atoms with Gasteiger partial charge in [-0.1, -0.05) is 18.2 Å². The van der Waals surface area contributed by atoms with Crippen LogP contribution in [0.3, 0.4) is 0 Å². The number of ether oxygens (including phenoxy) is 1. The van der Waals surface area contributed by atoms with E-state index in [0.717, 1.165) is 18.5 Å². The highest BCUT2D eigenvalue weighted by molar-refractivity contribution is 5.84. The second kappa shape index (κ2) is 8.73. The summed E-state index contributed by atoms with van der Waals surface area (Å²) in [5.74, 6) is 0. The molecule has 2 unspecified atom stereocenters. The van der Waals surface area contributed by atoms with Gasteiger partial charge in [0.2, 0.25) is 0 Å². The number of rotatable bonds is 7. The molecule has 0 heterocycles. The molecule has 0 aliphatic carbocycles. The summed E-state index contributed by atoms with van der Waals surface area (Å²) in [4.78, 5) is 11.7. The second-order valence-corrected chi connectivity index (χ2v) is 6.90. The fourth-order valence-electron chi connectivity index (χ4n) is 2.25. The first kappa shape index (κ1) is 19.2. The van der Waals surface area contributed by atoms with Gasteiger partial charge in [0, 0.05) is 17.8 Å². The highest BCUT2D eigenvalue weighted by Crippen LogP contribution is 2.18. The second-order valence-electron chi connectivity index (χ2n) is 6.90. The van der Waals surface area contributed by atoms with E-state index in [-0.39, 0.29) is 6.04 Å². The van der Waals surface area contributed by atoms with E-state index < -0.39 is 11.7 Å². The van der Waals surface area contributed by atoms with E-state index in [2.05, 4.69) is 31.1 Å². The maximum absolute atomic E-state index is 11.7. The number of hydrogen-bond acceptors (Lipinski definition) is 3. The topological polar surface area (TPSA) is 50.4 Å². The number of anilines is 1. The van der Waals surface area contributed by atoms with Gasteiger partial charge in [0.25, 0.3) is 0 Å². The molecule has 0 spiro atoms. The molecule has 0 radical (unpaired) electrons. The lowest BCUT2D eigenvalue weighted by Gasteiger charge is -2.21. The minimum Gasteiger partial charge on any atom is -0.444 e. The van der Waals surface area contributed by atoms with Gasteiger partial charge in [0.15, 0.2) is 0 Å². The maximum Gasteiger partial charge on any atom is 0.412 e. The van der Waals surface area contributed by atoms with Crippen LogP contribution in [0, 0.1) is 0 Å². The van der Waals surface area contributed by atoms with Gasteiger partial charge >= 0.3 is 6.09 Å². The van der Waals surface area contributed by atoms with Gasteiger partial charge in [-0.15, -0.1) is 6.58 Å². The van der Waals surface area contributed by atoms with E-state index >= 15 is 0 Å². The molecule has 1 aromatic rings. The van der Waals surface area contributed by atoms with Crippen LogP contribution in [0.5, 0.6) is 0 Å². The number of hydrogen-bond donors (Lipinski definition) is 2. The Kier molecular flexibility index (Phi) is 7.30. The van der Waals surface area contributed by atoms with E-state index in [9.17, 15) is 4.79 Å². The fourth-order valence-corrected chi connectivity index (χ4v) is 2.25. The third-order valence-electron chi connectivity index (χ3n) is 3.39. The Balaban J connectivity index is 2.55. The Morgan fingerprint density at radius 3 is 2.39 bits per heavy atom. The Bertz CT molecular complexity index is 503. The summed E-state index contributed by atoms with van der Waals surface area (Å²) in [6.45, 7) is 13.6. The van der Waals surface area contributed by atoms with Crippen LogP contribution < -0.4 is 10.6 Å². The number of allylic oxidation sites excluding steroid dienone is 1. The van der Waals surface area contributed by atoms with Crippen LogP contribution in [0.25, 0.3) is 0 Å². The molecule has 128 valence electrons. The van der Waals surface area contributed by atoms with E-state index in [0.29, 0.717) is 6.04 Å². The quantitative estimate of drug-likeness (QED) is 0.693. The van der Waals surface area contributed by atoms with Gasteiger partial charge < -0.3 is 10.1 Å². The summed E-state index contributed by atoms with van der Waals surface area (Å²) < 4.78 is 5.24. The molecular formula is C19H30N2O2. The summed E-state index contributed by atoms with van der Waals surface area (Å²) in [5, 5.41) is 6.30. The highest BCUT2D eigenvalue weighted by atomic mass is 16.6. The monoisotopic (exact) mass is 318 g/mol. The van der Waals surface area contributed by atoms with Crippen molar-refractivity contribution in [1.82, 2.24) is 5.32 Å². The molecule has 2 atom stereocenters. The zero-order valence-electron chi connectivity index (χ0n) is 15.0. The third kappa shape index (κ3) is 7.84. The number of benzene rings is 1. The van der Waals surface area contributed by atoms with Crippen molar-refractivity contribution in [2.24, 2.45) is 0 Å². The molecule has 0 aliphatic rings.